The lowest BCUT2D eigenvalue weighted by Gasteiger charge is -2.08. The van der Waals surface area contributed by atoms with Gasteiger partial charge >= 0.3 is 5.97 Å². The number of ether oxygens (including phenoxy) is 1. The number of phenols is 2. The molecule has 0 fully saturated rings. The van der Waals surface area contributed by atoms with Crippen molar-refractivity contribution in [2.24, 2.45) is 0 Å². The van der Waals surface area contributed by atoms with E-state index in [2.05, 4.69) is 9.97 Å². The Morgan fingerprint density at radius 3 is 2.54 bits per heavy atom. The van der Waals surface area contributed by atoms with Gasteiger partial charge in [-0.2, -0.15) is 0 Å². The van der Waals surface area contributed by atoms with Gasteiger partial charge in [0.1, 0.15) is 5.75 Å². The van der Waals surface area contributed by atoms with Gasteiger partial charge < -0.3 is 19.9 Å². The Morgan fingerprint density at radius 1 is 1.04 bits per heavy atom. The molecule has 138 valence electrons. The monoisotopic (exact) mass is 374 g/mol. The van der Waals surface area contributed by atoms with Gasteiger partial charge in [0.05, 0.1) is 16.5 Å². The first kappa shape index (κ1) is 17.3. The third-order valence-corrected chi connectivity index (χ3v) is 4.22. The van der Waals surface area contributed by atoms with Crippen molar-refractivity contribution in [1.29, 1.82) is 0 Å². The van der Waals surface area contributed by atoms with Gasteiger partial charge in [-0.15, -0.1) is 0 Å². The number of pyridine rings is 2. The molecule has 0 aliphatic heterocycles. The van der Waals surface area contributed by atoms with Crippen molar-refractivity contribution >= 4 is 16.9 Å². The second-order valence-electron chi connectivity index (χ2n) is 6.06. The van der Waals surface area contributed by atoms with Gasteiger partial charge in [0.25, 0.3) is 0 Å². The summed E-state index contributed by atoms with van der Waals surface area (Å²) >= 11 is 0. The fourth-order valence-corrected chi connectivity index (χ4v) is 2.83. The molecule has 28 heavy (non-hydrogen) atoms. The van der Waals surface area contributed by atoms with Crippen LogP contribution in [0, 0.1) is 0 Å². The first-order valence-corrected chi connectivity index (χ1v) is 8.33. The highest BCUT2D eigenvalue weighted by atomic mass is 16.5. The highest BCUT2D eigenvalue weighted by molar-refractivity contribution is 5.91. The van der Waals surface area contributed by atoms with Gasteiger partial charge in [0.2, 0.25) is 0 Å². The van der Waals surface area contributed by atoms with Crippen LogP contribution in [-0.4, -0.2) is 26.2 Å². The molecule has 0 atom stereocenters. The fraction of sp³-hybridized carbons (Fsp3) is 0. The lowest BCUT2D eigenvalue weighted by atomic mass is 10.1. The summed E-state index contributed by atoms with van der Waals surface area (Å²) in [5.74, 6) is -0.980. The van der Waals surface area contributed by atoms with Crippen molar-refractivity contribution in [1.82, 2.24) is 9.97 Å². The van der Waals surface area contributed by atoms with E-state index in [-0.39, 0.29) is 11.1 Å². The molecule has 0 unspecified atom stereocenters. The zero-order valence-corrected chi connectivity index (χ0v) is 14.4. The van der Waals surface area contributed by atoms with E-state index in [1.807, 2.05) is 0 Å². The molecule has 0 saturated carbocycles. The molecule has 4 aromatic rings. The van der Waals surface area contributed by atoms with E-state index in [1.54, 1.807) is 42.6 Å². The molecule has 2 heterocycles. The maximum Gasteiger partial charge on any atom is 0.345 e. The summed E-state index contributed by atoms with van der Waals surface area (Å²) in [6, 6.07) is 14.0. The van der Waals surface area contributed by atoms with E-state index in [9.17, 15) is 19.8 Å². The average molecular weight is 374 g/mol. The van der Waals surface area contributed by atoms with Gasteiger partial charge in [-0.1, -0.05) is 0 Å². The molecule has 0 amide bonds. The van der Waals surface area contributed by atoms with Crippen molar-refractivity contribution < 1.29 is 19.7 Å². The van der Waals surface area contributed by atoms with E-state index < -0.39 is 17.1 Å². The van der Waals surface area contributed by atoms with Crippen LogP contribution in [0.25, 0.3) is 22.2 Å². The standard InChI is InChI=1S/C21H14N2O5/c24-17-8-7-15-19(20(17)26)18(25)10-16(23-15)12-3-5-14(6-4-12)28-21(27)13-2-1-9-22-11-13/h1-11,24,26H,(H,23,25). The predicted molar refractivity (Wildman–Crippen MR) is 103 cm³/mol. The van der Waals surface area contributed by atoms with Crippen LogP contribution in [0.1, 0.15) is 10.4 Å². The molecule has 0 aliphatic rings. The van der Waals surface area contributed by atoms with E-state index >= 15 is 0 Å². The van der Waals surface area contributed by atoms with Gasteiger partial charge in [0, 0.05) is 24.2 Å². The second-order valence-corrected chi connectivity index (χ2v) is 6.06. The number of phenolic OH excluding ortho intramolecular Hbond substituents is 2. The number of nitrogens with zero attached hydrogens (tertiary/aromatic N) is 1. The van der Waals surface area contributed by atoms with Crippen LogP contribution in [0.2, 0.25) is 0 Å². The second kappa shape index (κ2) is 6.88. The van der Waals surface area contributed by atoms with Crippen LogP contribution in [0.15, 0.2) is 71.8 Å². The van der Waals surface area contributed by atoms with Crippen LogP contribution >= 0.6 is 0 Å². The predicted octanol–water partition coefficient (Wildman–Crippen LogP) is 3.22. The Labute approximate surface area is 158 Å². The molecule has 7 heteroatoms. The molecule has 4 rings (SSSR count). The SMILES string of the molecule is O=C(Oc1ccc(-c2cc(=O)c3c(O)c(O)ccc3[nH]2)cc1)c1cccnc1. The van der Waals surface area contributed by atoms with Crippen molar-refractivity contribution in [2.45, 2.75) is 0 Å². The quantitative estimate of drug-likeness (QED) is 0.288. The number of carbonyl (C=O) groups excluding carboxylic acids is 1. The minimum Gasteiger partial charge on any atom is -0.504 e. The highest BCUT2D eigenvalue weighted by Gasteiger charge is 2.12. The van der Waals surface area contributed by atoms with E-state index in [4.69, 9.17) is 4.74 Å². The number of benzene rings is 2. The first-order valence-electron chi connectivity index (χ1n) is 8.33. The molecule has 0 radical (unpaired) electrons. The summed E-state index contributed by atoms with van der Waals surface area (Å²) in [5, 5.41) is 19.5. The van der Waals surface area contributed by atoms with E-state index in [1.165, 1.54) is 24.4 Å². The molecule has 7 nitrogen and oxygen atoms in total. The smallest absolute Gasteiger partial charge is 0.345 e. The topological polar surface area (TPSA) is 113 Å². The first-order chi connectivity index (χ1) is 13.5. The number of H-pyrrole nitrogens is 1. The Morgan fingerprint density at radius 2 is 1.82 bits per heavy atom. The number of aromatic amines is 1. The largest absolute Gasteiger partial charge is 0.504 e. The van der Waals surface area contributed by atoms with Gasteiger partial charge in [0.15, 0.2) is 16.9 Å². The number of hydrogen-bond donors (Lipinski definition) is 3. The molecule has 0 aliphatic carbocycles. The Kier molecular flexibility index (Phi) is 4.25. The average Bonchev–Trinajstić information content (AvgIpc) is 2.71. The lowest BCUT2D eigenvalue weighted by Crippen LogP contribution is -2.08. The molecular weight excluding hydrogens is 360 g/mol. The minimum absolute atomic E-state index is 0.0192. The third kappa shape index (κ3) is 3.16. The number of carbonyl (C=O) groups is 1. The molecule has 2 aromatic heterocycles. The lowest BCUT2D eigenvalue weighted by molar-refractivity contribution is 0.0734. The Balaban J connectivity index is 1.63. The number of nitrogens with one attached hydrogen (secondary N) is 1. The summed E-state index contributed by atoms with van der Waals surface area (Å²) < 4.78 is 5.30. The van der Waals surface area contributed by atoms with Crippen LogP contribution in [-0.2, 0) is 0 Å². The molecule has 2 aromatic carbocycles. The molecular formula is C21H14N2O5. The van der Waals surface area contributed by atoms with Gasteiger partial charge in [-0.3, -0.25) is 9.78 Å². The highest BCUT2D eigenvalue weighted by Crippen LogP contribution is 2.31. The number of hydrogen-bond acceptors (Lipinski definition) is 6. The summed E-state index contributed by atoms with van der Waals surface area (Å²) in [5.41, 5.74) is 1.52. The Bertz CT molecular complexity index is 1230. The van der Waals surface area contributed by atoms with E-state index in [0.29, 0.717) is 28.1 Å². The zero-order chi connectivity index (χ0) is 19.7. The summed E-state index contributed by atoms with van der Waals surface area (Å²) in [6.45, 7) is 0. The normalized spacial score (nSPS) is 10.7. The molecule has 3 N–H and O–H groups in total. The van der Waals surface area contributed by atoms with Crippen LogP contribution in [0.4, 0.5) is 0 Å². The number of aromatic nitrogens is 2. The maximum atomic E-state index is 12.3. The van der Waals surface area contributed by atoms with Crippen LogP contribution in [0.5, 0.6) is 17.2 Å². The fourth-order valence-electron chi connectivity index (χ4n) is 2.83. The number of fused-ring (bicyclic) bond motifs is 1. The van der Waals surface area contributed by atoms with Crippen molar-refractivity contribution in [3.05, 3.63) is 82.8 Å². The van der Waals surface area contributed by atoms with E-state index in [0.717, 1.165) is 0 Å². The molecule has 0 saturated heterocycles. The minimum atomic E-state index is -0.518. The van der Waals surface area contributed by atoms with Crippen molar-refractivity contribution in [3.63, 3.8) is 0 Å². The number of aromatic hydroxyl groups is 2. The van der Waals surface area contributed by atoms with Crippen molar-refractivity contribution in [2.75, 3.05) is 0 Å². The molecule has 0 spiro atoms. The summed E-state index contributed by atoms with van der Waals surface area (Å²) in [6.07, 6.45) is 2.99. The third-order valence-electron chi connectivity index (χ3n) is 4.22. The van der Waals surface area contributed by atoms with Crippen molar-refractivity contribution in [3.8, 4) is 28.5 Å². The number of rotatable bonds is 3. The van der Waals surface area contributed by atoms with Crippen LogP contribution < -0.4 is 10.2 Å². The van der Waals surface area contributed by atoms with Gasteiger partial charge in [-0.25, -0.2) is 4.79 Å². The zero-order valence-electron chi connectivity index (χ0n) is 14.4. The number of esters is 1. The molecule has 0 bridgehead atoms. The van der Waals surface area contributed by atoms with Gasteiger partial charge in [-0.05, 0) is 54.1 Å². The summed E-state index contributed by atoms with van der Waals surface area (Å²) in [4.78, 5) is 31.3. The summed E-state index contributed by atoms with van der Waals surface area (Å²) in [7, 11) is 0. The Hall–Kier alpha value is -4.13. The van der Waals surface area contributed by atoms with Crippen LogP contribution in [0.3, 0.4) is 0 Å². The maximum absolute atomic E-state index is 12.3.